The van der Waals surface area contributed by atoms with Gasteiger partial charge in [0.05, 0.1) is 33.4 Å². The Morgan fingerprint density at radius 3 is 2.67 bits per heavy atom. The number of ketones is 1. The van der Waals surface area contributed by atoms with Crippen LogP contribution in [-0.2, 0) is 16.0 Å². The molecule has 2 atom stereocenters. The summed E-state index contributed by atoms with van der Waals surface area (Å²) in [5.41, 5.74) is 2.01. The van der Waals surface area contributed by atoms with Gasteiger partial charge in [0.15, 0.2) is 5.13 Å². The zero-order chi connectivity index (χ0) is 28.1. The van der Waals surface area contributed by atoms with E-state index in [1.54, 1.807) is 30.3 Å². The van der Waals surface area contributed by atoms with E-state index in [0.717, 1.165) is 10.3 Å². The van der Waals surface area contributed by atoms with Crippen molar-refractivity contribution < 1.29 is 29.1 Å². The molecule has 4 aromatic rings. The van der Waals surface area contributed by atoms with Gasteiger partial charge in [0.1, 0.15) is 23.4 Å². The molecular formula is C29H23N3O7S. The van der Waals surface area contributed by atoms with Crippen LogP contribution >= 0.6 is 11.3 Å². The van der Waals surface area contributed by atoms with Gasteiger partial charge in [-0.3, -0.25) is 24.6 Å². The summed E-state index contributed by atoms with van der Waals surface area (Å²) in [5.74, 6) is -0.718. The smallest absolute Gasteiger partial charge is 0.301 e. The molecule has 11 heteroatoms. The summed E-state index contributed by atoms with van der Waals surface area (Å²) in [6, 6.07) is 15.0. The van der Waals surface area contributed by atoms with Gasteiger partial charge in [-0.15, -0.1) is 0 Å². The molecule has 40 heavy (non-hydrogen) atoms. The standard InChI is InChI=1S/C29H23N3O7S/c1-3-38-20-9-10-21-23(14-20)40-29(30-21)31-25(16-4-7-19(8-5-16)32(36)37)24(27(34)28(31)35)26(33)17-6-11-22-18(13-17)12-15(2)39-22/h4-11,13-15,25,33H,3,12H2,1-2H3. The number of non-ortho nitro benzene ring substituents is 1. The van der Waals surface area contributed by atoms with Gasteiger partial charge in [0.25, 0.3) is 11.5 Å². The summed E-state index contributed by atoms with van der Waals surface area (Å²) in [6.07, 6.45) is 0.631. The number of hydrogen-bond donors (Lipinski definition) is 1. The molecule has 0 saturated carbocycles. The summed E-state index contributed by atoms with van der Waals surface area (Å²) in [7, 11) is 0. The molecule has 0 radical (unpaired) electrons. The molecule has 2 aliphatic heterocycles. The molecule has 1 aromatic heterocycles. The molecule has 2 aliphatic rings. The third-order valence-electron chi connectivity index (χ3n) is 6.90. The number of benzene rings is 3. The molecule has 1 N–H and O–H groups in total. The van der Waals surface area contributed by atoms with E-state index in [1.807, 2.05) is 19.9 Å². The molecule has 3 aromatic carbocycles. The SMILES string of the molecule is CCOc1ccc2nc(N3C(=O)C(=O)C(=C(O)c4ccc5c(c4)CC(C)O5)C3c3ccc([N+](=O)[O-])cc3)sc2c1. The summed E-state index contributed by atoms with van der Waals surface area (Å²) < 4.78 is 12.1. The fourth-order valence-corrected chi connectivity index (χ4v) is 6.12. The average molecular weight is 558 g/mol. The number of aliphatic hydroxyl groups excluding tert-OH is 1. The number of rotatable bonds is 6. The molecule has 10 nitrogen and oxygen atoms in total. The maximum absolute atomic E-state index is 13.5. The maximum Gasteiger partial charge on any atom is 0.301 e. The third-order valence-corrected chi connectivity index (χ3v) is 7.92. The number of aliphatic hydroxyl groups is 1. The van der Waals surface area contributed by atoms with Crippen molar-refractivity contribution in [1.82, 2.24) is 4.98 Å². The van der Waals surface area contributed by atoms with Crippen molar-refractivity contribution in [2.75, 3.05) is 11.5 Å². The monoisotopic (exact) mass is 557 g/mol. The molecule has 0 aliphatic carbocycles. The number of anilines is 1. The third kappa shape index (κ3) is 4.24. The van der Waals surface area contributed by atoms with Crippen LogP contribution in [0.5, 0.6) is 11.5 Å². The fraction of sp³-hybridized carbons (Fsp3) is 0.207. The van der Waals surface area contributed by atoms with E-state index in [-0.39, 0.29) is 28.3 Å². The minimum absolute atomic E-state index is 0.0136. The average Bonchev–Trinajstić information content (AvgIpc) is 3.60. The number of thiazole rings is 1. The quantitative estimate of drug-likeness (QED) is 0.107. The molecule has 0 spiro atoms. The number of amides is 1. The minimum Gasteiger partial charge on any atom is -0.507 e. The molecule has 3 heterocycles. The van der Waals surface area contributed by atoms with Gasteiger partial charge in [0, 0.05) is 24.1 Å². The molecule has 2 unspecified atom stereocenters. The van der Waals surface area contributed by atoms with E-state index >= 15 is 0 Å². The lowest BCUT2D eigenvalue weighted by Gasteiger charge is -2.23. The van der Waals surface area contributed by atoms with Gasteiger partial charge in [-0.25, -0.2) is 4.98 Å². The van der Waals surface area contributed by atoms with Gasteiger partial charge in [0.2, 0.25) is 0 Å². The second-order valence-corrected chi connectivity index (χ2v) is 10.5. The van der Waals surface area contributed by atoms with E-state index in [9.17, 15) is 24.8 Å². The molecule has 1 amide bonds. The second kappa shape index (κ2) is 9.76. The van der Waals surface area contributed by atoms with E-state index < -0.39 is 22.7 Å². The van der Waals surface area contributed by atoms with Gasteiger partial charge >= 0.3 is 5.91 Å². The number of nitrogens with zero attached hydrogens (tertiary/aromatic N) is 3. The zero-order valence-corrected chi connectivity index (χ0v) is 22.3. The Hall–Kier alpha value is -4.77. The highest BCUT2D eigenvalue weighted by Gasteiger charge is 2.48. The Labute approximate surface area is 232 Å². The van der Waals surface area contributed by atoms with Crippen molar-refractivity contribution in [3.63, 3.8) is 0 Å². The lowest BCUT2D eigenvalue weighted by atomic mass is 9.94. The topological polar surface area (TPSA) is 132 Å². The summed E-state index contributed by atoms with van der Waals surface area (Å²) in [5, 5.41) is 23.0. The number of nitro groups is 1. The van der Waals surface area contributed by atoms with Crippen LogP contribution in [0.2, 0.25) is 0 Å². The van der Waals surface area contributed by atoms with Crippen molar-refractivity contribution >= 4 is 49.8 Å². The van der Waals surface area contributed by atoms with Crippen LogP contribution in [0.15, 0.2) is 66.2 Å². The fourth-order valence-electron chi connectivity index (χ4n) is 5.10. The Morgan fingerprint density at radius 2 is 1.95 bits per heavy atom. The van der Waals surface area contributed by atoms with Gasteiger partial charge < -0.3 is 14.6 Å². The Kier molecular flexibility index (Phi) is 6.22. The second-order valence-electron chi connectivity index (χ2n) is 9.53. The lowest BCUT2D eigenvalue weighted by molar-refractivity contribution is -0.384. The lowest BCUT2D eigenvalue weighted by Crippen LogP contribution is -2.29. The molecule has 0 bridgehead atoms. The van der Waals surface area contributed by atoms with Crippen LogP contribution in [0.4, 0.5) is 10.8 Å². The molecule has 1 saturated heterocycles. The van der Waals surface area contributed by atoms with E-state index in [1.165, 1.54) is 40.5 Å². The number of aromatic nitrogens is 1. The molecule has 1 fully saturated rings. The first-order chi connectivity index (χ1) is 19.2. The Bertz CT molecular complexity index is 1730. The molecule has 6 rings (SSSR count). The van der Waals surface area contributed by atoms with Crippen molar-refractivity contribution in [1.29, 1.82) is 0 Å². The number of fused-ring (bicyclic) bond motifs is 2. The van der Waals surface area contributed by atoms with Crippen LogP contribution in [0, 0.1) is 10.1 Å². The predicted octanol–water partition coefficient (Wildman–Crippen LogP) is 5.55. The van der Waals surface area contributed by atoms with Crippen LogP contribution in [0.1, 0.15) is 36.6 Å². The van der Waals surface area contributed by atoms with E-state index in [0.29, 0.717) is 41.2 Å². The van der Waals surface area contributed by atoms with Crippen molar-refractivity contribution in [3.05, 3.63) is 93.0 Å². The van der Waals surface area contributed by atoms with Crippen LogP contribution in [-0.4, -0.2) is 39.4 Å². The predicted molar refractivity (Wildman–Crippen MR) is 149 cm³/mol. The normalized spacial score (nSPS) is 19.6. The highest BCUT2D eigenvalue weighted by Crippen LogP contribution is 2.45. The highest BCUT2D eigenvalue weighted by molar-refractivity contribution is 7.22. The molecular weight excluding hydrogens is 534 g/mol. The van der Waals surface area contributed by atoms with Gasteiger partial charge in [-0.2, -0.15) is 0 Å². The first kappa shape index (κ1) is 25.5. The Balaban J connectivity index is 1.51. The largest absolute Gasteiger partial charge is 0.507 e. The van der Waals surface area contributed by atoms with E-state index in [4.69, 9.17) is 9.47 Å². The molecule has 202 valence electrons. The highest BCUT2D eigenvalue weighted by atomic mass is 32.1. The minimum atomic E-state index is -1.06. The maximum atomic E-state index is 13.5. The number of carbonyl (C=O) groups is 2. The zero-order valence-electron chi connectivity index (χ0n) is 21.5. The van der Waals surface area contributed by atoms with Crippen LogP contribution in [0.3, 0.4) is 0 Å². The number of hydrogen-bond acceptors (Lipinski definition) is 9. The van der Waals surface area contributed by atoms with E-state index in [2.05, 4.69) is 4.98 Å². The summed E-state index contributed by atoms with van der Waals surface area (Å²) in [4.78, 5) is 43.7. The number of nitro benzene ring substituents is 1. The van der Waals surface area contributed by atoms with Crippen molar-refractivity contribution in [3.8, 4) is 11.5 Å². The van der Waals surface area contributed by atoms with Crippen LogP contribution in [0.25, 0.3) is 16.0 Å². The van der Waals surface area contributed by atoms with Crippen LogP contribution < -0.4 is 14.4 Å². The first-order valence-corrected chi connectivity index (χ1v) is 13.5. The Morgan fingerprint density at radius 1 is 1.18 bits per heavy atom. The van der Waals surface area contributed by atoms with Crippen molar-refractivity contribution in [2.45, 2.75) is 32.4 Å². The van der Waals surface area contributed by atoms with Crippen molar-refractivity contribution in [2.24, 2.45) is 0 Å². The van der Waals surface area contributed by atoms with Gasteiger partial charge in [-0.05, 0) is 73.5 Å². The number of ether oxygens (including phenoxy) is 2. The summed E-state index contributed by atoms with van der Waals surface area (Å²) in [6.45, 7) is 4.30. The van der Waals surface area contributed by atoms with Gasteiger partial charge in [-0.1, -0.05) is 11.3 Å². The first-order valence-electron chi connectivity index (χ1n) is 12.6. The number of Topliss-reactive ketones (excluding diaryl/α,β-unsaturated/α-hetero) is 1. The summed E-state index contributed by atoms with van der Waals surface area (Å²) >= 11 is 1.21. The number of carbonyl (C=O) groups excluding carboxylic acids is 2.